The number of halogens is 1. The van der Waals surface area contributed by atoms with Crippen LogP contribution in [-0.2, 0) is 4.74 Å². The van der Waals surface area contributed by atoms with Gasteiger partial charge in [0.15, 0.2) is 5.17 Å². The molecule has 0 saturated heterocycles. The summed E-state index contributed by atoms with van der Waals surface area (Å²) in [6.07, 6.45) is -0.561. The monoisotopic (exact) mass is 339 g/mol. The van der Waals surface area contributed by atoms with Crippen molar-refractivity contribution in [3.8, 4) is 0 Å². The number of nitrogens with two attached hydrogens (primary N) is 1. The van der Waals surface area contributed by atoms with Gasteiger partial charge in [-0.3, -0.25) is 10.3 Å². The summed E-state index contributed by atoms with van der Waals surface area (Å²) >= 11 is 1.37. The van der Waals surface area contributed by atoms with E-state index in [0.717, 1.165) is 12.2 Å². The quantitative estimate of drug-likeness (QED) is 0.718. The highest BCUT2D eigenvalue weighted by molar-refractivity contribution is 8.13. The molecular formula is C15H18FN3O3S. The number of rotatable bonds is 2. The van der Waals surface area contributed by atoms with Gasteiger partial charge in [0.05, 0.1) is 12.1 Å². The van der Waals surface area contributed by atoms with Crippen LogP contribution in [0.2, 0.25) is 0 Å². The Kier molecular flexibility index (Phi) is 4.45. The minimum Gasteiger partial charge on any atom is -0.465 e. The molecule has 1 aromatic carbocycles. The maximum atomic E-state index is 14.3. The smallest absolute Gasteiger partial charge is 0.410 e. The number of methoxy groups -OCH3 is 1. The molecule has 124 valence electrons. The van der Waals surface area contributed by atoms with Crippen molar-refractivity contribution < 1.29 is 19.0 Å². The highest BCUT2D eigenvalue weighted by atomic mass is 32.2. The van der Waals surface area contributed by atoms with Crippen molar-refractivity contribution in [2.45, 2.75) is 24.5 Å². The SMILES string of the molecule is COC1CC2CSC(NC(=O)O)=NC2C1c1cc(N)ccc1F. The second kappa shape index (κ2) is 6.37. The Bertz CT molecular complexity index is 655. The van der Waals surface area contributed by atoms with Crippen LogP contribution in [0.15, 0.2) is 23.2 Å². The van der Waals surface area contributed by atoms with Crippen molar-refractivity contribution in [2.75, 3.05) is 18.6 Å². The van der Waals surface area contributed by atoms with E-state index < -0.39 is 6.09 Å². The Morgan fingerprint density at radius 1 is 1.57 bits per heavy atom. The van der Waals surface area contributed by atoms with Crippen LogP contribution < -0.4 is 11.1 Å². The molecule has 1 aliphatic heterocycles. The number of nitrogens with zero attached hydrogens (tertiary/aromatic N) is 1. The molecule has 8 heteroatoms. The lowest BCUT2D eigenvalue weighted by molar-refractivity contribution is 0.0903. The van der Waals surface area contributed by atoms with E-state index in [9.17, 15) is 9.18 Å². The first-order valence-corrected chi connectivity index (χ1v) is 8.26. The highest BCUT2D eigenvalue weighted by Crippen LogP contribution is 2.46. The van der Waals surface area contributed by atoms with Gasteiger partial charge in [0.25, 0.3) is 0 Å². The van der Waals surface area contributed by atoms with E-state index in [0.29, 0.717) is 16.4 Å². The number of nitrogens with one attached hydrogen (secondary N) is 1. The largest absolute Gasteiger partial charge is 0.465 e. The lowest BCUT2D eigenvalue weighted by atomic mass is 9.90. The number of aliphatic imine (C=N–C) groups is 1. The normalized spacial score (nSPS) is 29.7. The molecule has 0 radical (unpaired) electrons. The maximum absolute atomic E-state index is 14.3. The molecule has 4 atom stereocenters. The number of benzene rings is 1. The lowest BCUT2D eigenvalue weighted by Gasteiger charge is -2.27. The molecule has 0 bridgehead atoms. The summed E-state index contributed by atoms with van der Waals surface area (Å²) < 4.78 is 19.9. The van der Waals surface area contributed by atoms with E-state index in [4.69, 9.17) is 15.6 Å². The molecule has 3 rings (SSSR count). The summed E-state index contributed by atoms with van der Waals surface area (Å²) in [5.41, 5.74) is 6.77. The molecule has 0 spiro atoms. The number of carboxylic acid groups (broad SMARTS) is 1. The van der Waals surface area contributed by atoms with E-state index in [1.165, 1.54) is 23.9 Å². The van der Waals surface area contributed by atoms with Crippen LogP contribution in [0, 0.1) is 11.7 Å². The van der Waals surface area contributed by atoms with Crippen LogP contribution in [0.25, 0.3) is 0 Å². The van der Waals surface area contributed by atoms with Gasteiger partial charge >= 0.3 is 6.09 Å². The van der Waals surface area contributed by atoms with Gasteiger partial charge in [0, 0.05) is 24.5 Å². The summed E-state index contributed by atoms with van der Waals surface area (Å²) in [7, 11) is 1.60. The zero-order valence-corrected chi connectivity index (χ0v) is 13.3. The molecule has 1 heterocycles. The van der Waals surface area contributed by atoms with Crippen LogP contribution >= 0.6 is 11.8 Å². The molecule has 4 N–H and O–H groups in total. The number of hydrogen-bond acceptors (Lipinski definition) is 5. The minimum absolute atomic E-state index is 0.171. The average molecular weight is 339 g/mol. The number of anilines is 1. The predicted octanol–water partition coefficient (Wildman–Crippen LogP) is 2.27. The number of thioether (sulfide) groups is 1. The molecule has 4 unspecified atom stereocenters. The van der Waals surface area contributed by atoms with Gasteiger partial charge in [0.1, 0.15) is 5.82 Å². The van der Waals surface area contributed by atoms with Crippen molar-refractivity contribution in [3.05, 3.63) is 29.6 Å². The average Bonchev–Trinajstić information content (AvgIpc) is 2.87. The zero-order valence-electron chi connectivity index (χ0n) is 12.5. The topological polar surface area (TPSA) is 96.9 Å². The second-order valence-corrected chi connectivity index (χ2v) is 6.75. The number of hydrogen-bond donors (Lipinski definition) is 3. The number of carbonyl (C=O) groups is 1. The number of ether oxygens (including phenoxy) is 1. The molecule has 6 nitrogen and oxygen atoms in total. The zero-order chi connectivity index (χ0) is 16.6. The van der Waals surface area contributed by atoms with Crippen LogP contribution in [0.5, 0.6) is 0 Å². The third-order valence-electron chi connectivity index (χ3n) is 4.38. The van der Waals surface area contributed by atoms with Crippen molar-refractivity contribution >= 4 is 28.7 Å². The van der Waals surface area contributed by atoms with E-state index in [1.54, 1.807) is 13.2 Å². The van der Waals surface area contributed by atoms with Crippen LogP contribution in [0.3, 0.4) is 0 Å². The molecule has 1 saturated carbocycles. The molecule has 23 heavy (non-hydrogen) atoms. The summed E-state index contributed by atoms with van der Waals surface area (Å²) in [6, 6.07) is 4.27. The molecule has 0 aromatic heterocycles. The van der Waals surface area contributed by atoms with E-state index in [2.05, 4.69) is 10.3 Å². The number of nitrogen functional groups attached to an aromatic ring is 1. The molecule has 1 fully saturated rings. The van der Waals surface area contributed by atoms with Crippen molar-refractivity contribution in [1.29, 1.82) is 0 Å². The van der Waals surface area contributed by atoms with Gasteiger partial charge in [-0.25, -0.2) is 9.18 Å². The Balaban J connectivity index is 1.98. The maximum Gasteiger partial charge on any atom is 0.410 e. The fourth-order valence-corrected chi connectivity index (χ4v) is 4.47. The minimum atomic E-state index is -1.15. The second-order valence-electron chi connectivity index (χ2n) is 5.74. The first-order valence-electron chi connectivity index (χ1n) is 7.28. The standard InChI is InChI=1S/C15H18FN3O3S/c1-22-11-4-7-6-23-14(19-15(20)21)18-13(7)12(11)9-5-8(17)2-3-10(9)16/h2-3,5,7,11-13H,4,6,17H2,1H3,(H,18,19)(H,20,21). The summed E-state index contributed by atoms with van der Waals surface area (Å²) in [5.74, 6) is 0.326. The van der Waals surface area contributed by atoms with Gasteiger partial charge in [-0.15, -0.1) is 0 Å². The Labute approximate surface area is 137 Å². The lowest BCUT2D eigenvalue weighted by Crippen LogP contribution is -2.35. The first kappa shape index (κ1) is 16.1. The summed E-state index contributed by atoms with van der Waals surface area (Å²) in [5, 5.41) is 11.5. The molecular weight excluding hydrogens is 321 g/mol. The first-order chi connectivity index (χ1) is 11.0. The Morgan fingerprint density at radius 2 is 2.35 bits per heavy atom. The van der Waals surface area contributed by atoms with Crippen LogP contribution in [-0.4, -0.2) is 41.4 Å². The highest BCUT2D eigenvalue weighted by Gasteiger charge is 2.47. The van der Waals surface area contributed by atoms with Crippen molar-refractivity contribution in [1.82, 2.24) is 5.32 Å². The fourth-order valence-electron chi connectivity index (χ4n) is 3.41. The molecule has 1 aliphatic carbocycles. The van der Waals surface area contributed by atoms with Gasteiger partial charge in [-0.05, 0) is 36.1 Å². The fraction of sp³-hybridized carbons (Fsp3) is 0.467. The molecule has 1 amide bonds. The third kappa shape index (κ3) is 3.13. The Morgan fingerprint density at radius 3 is 3.04 bits per heavy atom. The van der Waals surface area contributed by atoms with Gasteiger partial charge in [-0.1, -0.05) is 11.8 Å². The third-order valence-corrected chi connectivity index (χ3v) is 5.46. The van der Waals surface area contributed by atoms with E-state index >= 15 is 0 Å². The van der Waals surface area contributed by atoms with Crippen molar-refractivity contribution in [3.63, 3.8) is 0 Å². The predicted molar refractivity (Wildman–Crippen MR) is 87.3 cm³/mol. The van der Waals surface area contributed by atoms with E-state index in [-0.39, 0.29) is 29.8 Å². The van der Waals surface area contributed by atoms with Crippen molar-refractivity contribution in [2.24, 2.45) is 10.9 Å². The number of fused-ring (bicyclic) bond motifs is 1. The summed E-state index contributed by atoms with van der Waals surface area (Å²) in [4.78, 5) is 15.3. The van der Waals surface area contributed by atoms with E-state index in [1.807, 2.05) is 0 Å². The van der Waals surface area contributed by atoms with Gasteiger partial charge < -0.3 is 15.6 Å². The number of amides is 1. The number of amidine groups is 1. The van der Waals surface area contributed by atoms with Gasteiger partial charge in [0.2, 0.25) is 0 Å². The van der Waals surface area contributed by atoms with Crippen LogP contribution in [0.4, 0.5) is 14.9 Å². The van der Waals surface area contributed by atoms with Crippen LogP contribution in [0.1, 0.15) is 17.9 Å². The Hall–Kier alpha value is -1.80. The molecule has 1 aromatic rings. The molecule has 2 aliphatic rings. The summed E-state index contributed by atoms with van der Waals surface area (Å²) in [6.45, 7) is 0. The van der Waals surface area contributed by atoms with Gasteiger partial charge in [-0.2, -0.15) is 0 Å².